The SMILES string of the molecule is CC(C)[C@H](NC(=O)[C@H](CC(=O)O)NC(=O)[C@H](CO)NC(=O)[C@@H]([NH])CCC(=O)O)C(=O)O. The first kappa shape index (κ1) is 27.7. The quantitative estimate of drug-likeness (QED) is 0.144. The van der Waals surface area contributed by atoms with Crippen LogP contribution >= 0.6 is 0 Å². The van der Waals surface area contributed by atoms with Gasteiger partial charge in [0.05, 0.1) is 13.0 Å². The van der Waals surface area contributed by atoms with Crippen LogP contribution < -0.4 is 21.7 Å². The van der Waals surface area contributed by atoms with E-state index in [-0.39, 0.29) is 6.42 Å². The molecule has 175 valence electrons. The monoisotopic (exact) mass is 447 g/mol. The third-order valence-corrected chi connectivity index (χ3v) is 4.02. The van der Waals surface area contributed by atoms with Gasteiger partial charge in [0.15, 0.2) is 0 Å². The Morgan fingerprint density at radius 2 is 1.32 bits per heavy atom. The highest BCUT2D eigenvalue weighted by Gasteiger charge is 2.32. The average molecular weight is 447 g/mol. The van der Waals surface area contributed by atoms with Gasteiger partial charge in [-0.2, -0.15) is 0 Å². The van der Waals surface area contributed by atoms with Crippen LogP contribution in [0.2, 0.25) is 0 Å². The van der Waals surface area contributed by atoms with Crippen molar-refractivity contribution < 1.29 is 49.2 Å². The lowest BCUT2D eigenvalue weighted by Crippen LogP contribution is -2.58. The summed E-state index contributed by atoms with van der Waals surface area (Å²) in [5, 5.41) is 42.2. The van der Waals surface area contributed by atoms with Gasteiger partial charge in [-0.1, -0.05) is 13.8 Å². The summed E-state index contributed by atoms with van der Waals surface area (Å²) in [6.07, 6.45) is -1.73. The van der Waals surface area contributed by atoms with Crippen molar-refractivity contribution in [3.05, 3.63) is 0 Å². The minimum Gasteiger partial charge on any atom is -0.481 e. The molecular formula is C17H27N4O10. The number of carbonyl (C=O) groups excluding carboxylic acids is 3. The predicted molar refractivity (Wildman–Crippen MR) is 101 cm³/mol. The van der Waals surface area contributed by atoms with E-state index in [1.165, 1.54) is 13.8 Å². The predicted octanol–water partition coefficient (Wildman–Crippen LogP) is -2.84. The molecule has 0 aromatic heterocycles. The number of aliphatic carboxylic acids is 3. The van der Waals surface area contributed by atoms with Crippen LogP contribution in [-0.4, -0.2) is 86.8 Å². The first-order valence-corrected chi connectivity index (χ1v) is 9.19. The molecule has 0 heterocycles. The van der Waals surface area contributed by atoms with E-state index in [2.05, 4.69) is 5.32 Å². The van der Waals surface area contributed by atoms with Crippen molar-refractivity contribution in [2.75, 3.05) is 6.61 Å². The fourth-order valence-electron chi connectivity index (χ4n) is 2.29. The molecule has 0 aliphatic heterocycles. The van der Waals surface area contributed by atoms with Crippen LogP contribution in [0.15, 0.2) is 0 Å². The van der Waals surface area contributed by atoms with Crippen molar-refractivity contribution in [2.24, 2.45) is 5.92 Å². The maximum atomic E-state index is 12.3. The molecule has 0 unspecified atom stereocenters. The van der Waals surface area contributed by atoms with Gasteiger partial charge >= 0.3 is 17.9 Å². The molecule has 0 spiro atoms. The average Bonchev–Trinajstić information content (AvgIpc) is 2.66. The number of carboxylic acids is 3. The van der Waals surface area contributed by atoms with E-state index in [1.807, 2.05) is 10.6 Å². The zero-order valence-electron chi connectivity index (χ0n) is 17.0. The van der Waals surface area contributed by atoms with Gasteiger partial charge in [-0.3, -0.25) is 24.0 Å². The van der Waals surface area contributed by atoms with Gasteiger partial charge in [0.2, 0.25) is 17.7 Å². The second kappa shape index (κ2) is 13.1. The van der Waals surface area contributed by atoms with Crippen LogP contribution in [0, 0.1) is 5.92 Å². The molecule has 0 aliphatic carbocycles. The molecule has 0 aromatic rings. The summed E-state index contributed by atoms with van der Waals surface area (Å²) in [4.78, 5) is 69.3. The molecule has 1 radical (unpaired) electrons. The number of aliphatic hydroxyl groups is 1. The van der Waals surface area contributed by atoms with E-state index in [4.69, 9.17) is 21.1 Å². The summed E-state index contributed by atoms with van der Waals surface area (Å²) in [7, 11) is 0. The molecule has 0 saturated heterocycles. The van der Waals surface area contributed by atoms with Gasteiger partial charge in [-0.05, 0) is 12.3 Å². The van der Waals surface area contributed by atoms with Crippen molar-refractivity contribution >= 4 is 35.6 Å². The Bertz CT molecular complexity index is 696. The second-order valence-electron chi connectivity index (χ2n) is 6.96. The fraction of sp³-hybridized carbons (Fsp3) is 0.647. The van der Waals surface area contributed by atoms with E-state index >= 15 is 0 Å². The lowest BCUT2D eigenvalue weighted by atomic mass is 10.0. The highest BCUT2D eigenvalue weighted by molar-refractivity contribution is 5.95. The molecule has 0 fully saturated rings. The topological polar surface area (TPSA) is 243 Å². The van der Waals surface area contributed by atoms with E-state index in [0.29, 0.717) is 0 Å². The molecule has 0 bridgehead atoms. The van der Waals surface area contributed by atoms with Crippen molar-refractivity contribution in [2.45, 2.75) is 57.3 Å². The molecule has 0 aromatic carbocycles. The highest BCUT2D eigenvalue weighted by atomic mass is 16.4. The second-order valence-corrected chi connectivity index (χ2v) is 6.96. The lowest BCUT2D eigenvalue weighted by molar-refractivity contribution is -0.144. The zero-order valence-corrected chi connectivity index (χ0v) is 17.0. The maximum Gasteiger partial charge on any atom is 0.326 e. The van der Waals surface area contributed by atoms with Crippen molar-refractivity contribution in [3.63, 3.8) is 0 Å². The van der Waals surface area contributed by atoms with Crippen LogP contribution in [0.1, 0.15) is 33.1 Å². The molecular weight excluding hydrogens is 420 g/mol. The van der Waals surface area contributed by atoms with Crippen LogP contribution in [0.3, 0.4) is 0 Å². The van der Waals surface area contributed by atoms with E-state index < -0.39 is 85.2 Å². The van der Waals surface area contributed by atoms with E-state index in [0.717, 1.165) is 0 Å². The van der Waals surface area contributed by atoms with Gasteiger partial charge in [0, 0.05) is 6.42 Å². The van der Waals surface area contributed by atoms with Gasteiger partial charge < -0.3 is 36.4 Å². The van der Waals surface area contributed by atoms with E-state index in [9.17, 15) is 33.9 Å². The Balaban J connectivity index is 5.23. The number of aliphatic hydroxyl groups excluding tert-OH is 1. The fourth-order valence-corrected chi connectivity index (χ4v) is 2.29. The largest absolute Gasteiger partial charge is 0.481 e. The minimum atomic E-state index is -1.71. The standard InChI is InChI=1S/C17H27N4O10/c1-7(2)13(17(30)31)21-15(28)9(5-12(25)26)19-16(29)10(6-22)20-14(27)8(18)3-4-11(23)24/h7-10,13,18,22H,3-6H2,1-2H3,(H,19,29)(H,20,27)(H,21,28)(H,23,24)(H,25,26)(H,30,31)/t8-,9-,10-,13-/m0/s1. The number of carboxylic acid groups (broad SMARTS) is 3. The van der Waals surface area contributed by atoms with Crippen molar-refractivity contribution in [1.82, 2.24) is 21.7 Å². The molecule has 4 atom stereocenters. The summed E-state index contributed by atoms with van der Waals surface area (Å²) < 4.78 is 0. The Morgan fingerprint density at radius 3 is 1.74 bits per heavy atom. The molecule has 0 aliphatic rings. The molecule has 8 N–H and O–H groups in total. The number of nitrogens with one attached hydrogen (secondary N) is 4. The molecule has 31 heavy (non-hydrogen) atoms. The maximum absolute atomic E-state index is 12.3. The molecule has 14 nitrogen and oxygen atoms in total. The van der Waals surface area contributed by atoms with Crippen LogP contribution in [0.5, 0.6) is 0 Å². The van der Waals surface area contributed by atoms with Crippen LogP contribution in [0.4, 0.5) is 0 Å². The number of hydrogen-bond donors (Lipinski definition) is 7. The molecule has 0 saturated carbocycles. The summed E-state index contributed by atoms with van der Waals surface area (Å²) in [5.41, 5.74) is 7.55. The Morgan fingerprint density at radius 1 is 0.806 bits per heavy atom. The van der Waals surface area contributed by atoms with Crippen LogP contribution in [0.25, 0.3) is 0 Å². The Hall–Kier alpha value is -3.26. The Kier molecular flexibility index (Phi) is 11.7. The van der Waals surface area contributed by atoms with Gasteiger partial charge in [-0.15, -0.1) is 0 Å². The first-order valence-electron chi connectivity index (χ1n) is 9.19. The summed E-state index contributed by atoms with van der Waals surface area (Å²) in [5.74, 6) is -7.94. The number of carbonyl (C=O) groups is 6. The van der Waals surface area contributed by atoms with Crippen molar-refractivity contribution in [3.8, 4) is 0 Å². The lowest BCUT2D eigenvalue weighted by Gasteiger charge is -2.24. The summed E-state index contributed by atoms with van der Waals surface area (Å²) in [6.45, 7) is 2.04. The smallest absolute Gasteiger partial charge is 0.326 e. The van der Waals surface area contributed by atoms with Crippen molar-refractivity contribution in [1.29, 1.82) is 0 Å². The Labute approximate surface area is 177 Å². The molecule has 0 rings (SSSR count). The normalized spacial score (nSPS) is 14.6. The molecule has 3 amide bonds. The number of hydrogen-bond acceptors (Lipinski definition) is 7. The van der Waals surface area contributed by atoms with Gasteiger partial charge in [-0.25, -0.2) is 10.5 Å². The third-order valence-electron chi connectivity index (χ3n) is 4.02. The third kappa shape index (κ3) is 10.4. The molecule has 14 heteroatoms. The minimum absolute atomic E-state index is 0.350. The number of amides is 3. The van der Waals surface area contributed by atoms with Gasteiger partial charge in [0.25, 0.3) is 0 Å². The van der Waals surface area contributed by atoms with Crippen LogP contribution in [-0.2, 0) is 28.8 Å². The summed E-state index contributed by atoms with van der Waals surface area (Å²) in [6, 6.07) is -6.27. The number of rotatable bonds is 14. The first-order chi connectivity index (χ1) is 14.3. The van der Waals surface area contributed by atoms with E-state index in [1.54, 1.807) is 0 Å². The summed E-state index contributed by atoms with van der Waals surface area (Å²) >= 11 is 0. The highest BCUT2D eigenvalue weighted by Crippen LogP contribution is 2.04. The van der Waals surface area contributed by atoms with Gasteiger partial charge in [0.1, 0.15) is 24.2 Å². The zero-order chi connectivity index (χ0) is 24.3.